The molecule has 0 atom stereocenters. The van der Waals surface area contributed by atoms with E-state index in [0.29, 0.717) is 12.3 Å². The minimum Gasteiger partial charge on any atom is -0.343 e. The first-order valence-electron chi connectivity index (χ1n) is 8.79. The van der Waals surface area contributed by atoms with Gasteiger partial charge in [0, 0.05) is 33.0 Å². The monoisotopic (exact) mass is 308 g/mol. The second-order valence-electron chi connectivity index (χ2n) is 6.01. The van der Waals surface area contributed by atoms with Gasteiger partial charge in [0.15, 0.2) is 0 Å². The summed E-state index contributed by atoms with van der Waals surface area (Å²) in [5, 5.41) is 7.94. The zero-order chi connectivity index (χ0) is 16.2. The summed E-state index contributed by atoms with van der Waals surface area (Å²) in [6.45, 7) is 6.23. The van der Waals surface area contributed by atoms with Crippen molar-refractivity contribution >= 4 is 5.91 Å². The summed E-state index contributed by atoms with van der Waals surface area (Å²) >= 11 is 0. The predicted octanol–water partition coefficient (Wildman–Crippen LogP) is 3.35. The first-order chi connectivity index (χ1) is 10.7. The van der Waals surface area contributed by atoms with Gasteiger partial charge >= 0.3 is 0 Å². The van der Waals surface area contributed by atoms with Gasteiger partial charge in [0.25, 0.3) is 0 Å². The van der Waals surface area contributed by atoms with E-state index < -0.39 is 0 Å². The van der Waals surface area contributed by atoms with Crippen LogP contribution in [-0.4, -0.2) is 38.7 Å². The van der Waals surface area contributed by atoms with Gasteiger partial charge in [-0.25, -0.2) is 0 Å². The van der Waals surface area contributed by atoms with Crippen molar-refractivity contribution in [3.8, 4) is 0 Å². The summed E-state index contributed by atoms with van der Waals surface area (Å²) in [5.74, 6) is 1.26. The topological polar surface area (TPSA) is 51.0 Å². The van der Waals surface area contributed by atoms with E-state index in [9.17, 15) is 4.79 Å². The molecule has 1 rings (SSSR count). The maximum atomic E-state index is 12.4. The van der Waals surface area contributed by atoms with Gasteiger partial charge < -0.3 is 9.47 Å². The number of carbonyl (C=O) groups excluding carboxylic acids is 1. The number of hydrogen-bond donors (Lipinski definition) is 0. The van der Waals surface area contributed by atoms with Gasteiger partial charge in [-0.15, -0.1) is 10.2 Å². The van der Waals surface area contributed by atoms with Crippen LogP contribution in [0.25, 0.3) is 0 Å². The van der Waals surface area contributed by atoms with Gasteiger partial charge in [-0.2, -0.15) is 0 Å². The first-order valence-corrected chi connectivity index (χ1v) is 8.79. The van der Waals surface area contributed by atoms with Crippen LogP contribution in [0.4, 0.5) is 0 Å². The minimum atomic E-state index is 0.300. The second-order valence-corrected chi connectivity index (χ2v) is 6.01. The highest BCUT2D eigenvalue weighted by Gasteiger charge is 2.13. The van der Waals surface area contributed by atoms with Crippen LogP contribution in [0, 0.1) is 0 Å². The molecule has 0 spiro atoms. The molecule has 0 aliphatic rings. The summed E-state index contributed by atoms with van der Waals surface area (Å²) in [6, 6.07) is 0. The number of hydrogen-bond acceptors (Lipinski definition) is 3. The molecular formula is C17H32N4O. The summed E-state index contributed by atoms with van der Waals surface area (Å²) in [6.07, 6.45) is 11.0. The third kappa shape index (κ3) is 7.05. The molecule has 1 aromatic rings. The lowest BCUT2D eigenvalue weighted by atomic mass is 10.1. The Bertz CT molecular complexity index is 407. The zero-order valence-electron chi connectivity index (χ0n) is 14.6. The van der Waals surface area contributed by atoms with Gasteiger partial charge in [-0.05, 0) is 19.3 Å². The molecular weight excluding hydrogens is 276 g/mol. The van der Waals surface area contributed by atoms with Crippen molar-refractivity contribution in [2.24, 2.45) is 7.05 Å². The fraction of sp³-hybridized carbons (Fsp3) is 0.824. The Morgan fingerprint density at radius 1 is 1.09 bits per heavy atom. The molecule has 0 fully saturated rings. The van der Waals surface area contributed by atoms with Crippen molar-refractivity contribution in [1.82, 2.24) is 19.7 Å². The van der Waals surface area contributed by atoms with E-state index in [0.717, 1.165) is 44.6 Å². The van der Waals surface area contributed by atoms with Crippen LogP contribution in [0.15, 0.2) is 6.33 Å². The second kappa shape index (κ2) is 11.2. The fourth-order valence-electron chi connectivity index (χ4n) is 2.56. The molecule has 0 aliphatic heterocycles. The van der Waals surface area contributed by atoms with E-state index in [4.69, 9.17) is 0 Å². The van der Waals surface area contributed by atoms with E-state index in [1.54, 1.807) is 6.33 Å². The maximum Gasteiger partial charge on any atom is 0.222 e. The van der Waals surface area contributed by atoms with Crippen LogP contribution < -0.4 is 0 Å². The SMILES string of the molecule is CCCCCN(CCCCC)C(=O)CCCc1nncn1C. The number of aryl methyl sites for hydroxylation is 2. The smallest absolute Gasteiger partial charge is 0.222 e. The summed E-state index contributed by atoms with van der Waals surface area (Å²) in [4.78, 5) is 14.5. The number of aromatic nitrogens is 3. The van der Waals surface area contributed by atoms with Crippen LogP contribution in [0.2, 0.25) is 0 Å². The van der Waals surface area contributed by atoms with Gasteiger partial charge in [0.05, 0.1) is 0 Å². The van der Waals surface area contributed by atoms with Gasteiger partial charge in [-0.1, -0.05) is 39.5 Å². The number of carbonyl (C=O) groups is 1. The Hall–Kier alpha value is -1.39. The third-order valence-corrected chi connectivity index (χ3v) is 4.01. The molecule has 0 unspecified atom stereocenters. The van der Waals surface area contributed by atoms with E-state index in [-0.39, 0.29) is 0 Å². The highest BCUT2D eigenvalue weighted by molar-refractivity contribution is 5.76. The number of rotatable bonds is 12. The largest absolute Gasteiger partial charge is 0.343 e. The van der Waals surface area contributed by atoms with Crippen molar-refractivity contribution in [2.45, 2.75) is 71.6 Å². The Kier molecular flexibility index (Phi) is 9.51. The maximum absolute atomic E-state index is 12.4. The van der Waals surface area contributed by atoms with Gasteiger partial charge in [0.1, 0.15) is 12.2 Å². The molecule has 0 bridgehead atoms. The van der Waals surface area contributed by atoms with Crippen LogP contribution in [0.3, 0.4) is 0 Å². The van der Waals surface area contributed by atoms with Crippen molar-refractivity contribution in [1.29, 1.82) is 0 Å². The standard InChI is InChI=1S/C17H32N4O/c1-4-6-8-13-21(14-9-7-5-2)17(22)12-10-11-16-19-18-15-20(16)3/h15H,4-14H2,1-3H3. The number of nitrogens with zero attached hydrogens (tertiary/aromatic N) is 4. The van der Waals surface area contributed by atoms with Crippen molar-refractivity contribution in [3.05, 3.63) is 12.2 Å². The van der Waals surface area contributed by atoms with E-state index in [2.05, 4.69) is 28.9 Å². The Morgan fingerprint density at radius 3 is 2.23 bits per heavy atom. The third-order valence-electron chi connectivity index (χ3n) is 4.01. The normalized spacial score (nSPS) is 10.9. The Balaban J connectivity index is 2.35. The molecule has 0 N–H and O–H groups in total. The average Bonchev–Trinajstić information content (AvgIpc) is 2.91. The average molecular weight is 308 g/mol. The Morgan fingerprint density at radius 2 is 1.73 bits per heavy atom. The summed E-state index contributed by atoms with van der Waals surface area (Å²) < 4.78 is 1.92. The molecule has 0 aliphatic carbocycles. The van der Waals surface area contributed by atoms with E-state index in [1.807, 2.05) is 11.6 Å². The van der Waals surface area contributed by atoms with E-state index >= 15 is 0 Å². The fourth-order valence-corrected chi connectivity index (χ4v) is 2.56. The van der Waals surface area contributed by atoms with Crippen LogP contribution in [-0.2, 0) is 18.3 Å². The summed E-state index contributed by atoms with van der Waals surface area (Å²) in [5.41, 5.74) is 0. The lowest BCUT2D eigenvalue weighted by molar-refractivity contribution is -0.131. The molecule has 126 valence electrons. The molecule has 1 aromatic heterocycles. The van der Waals surface area contributed by atoms with Gasteiger partial charge in [0.2, 0.25) is 5.91 Å². The van der Waals surface area contributed by atoms with Crippen molar-refractivity contribution in [2.75, 3.05) is 13.1 Å². The lowest BCUT2D eigenvalue weighted by Crippen LogP contribution is -2.33. The minimum absolute atomic E-state index is 0.300. The van der Waals surface area contributed by atoms with Crippen molar-refractivity contribution in [3.63, 3.8) is 0 Å². The number of unbranched alkanes of at least 4 members (excludes halogenated alkanes) is 4. The number of amides is 1. The molecule has 1 heterocycles. The van der Waals surface area contributed by atoms with Crippen LogP contribution >= 0.6 is 0 Å². The predicted molar refractivity (Wildman–Crippen MR) is 89.6 cm³/mol. The highest BCUT2D eigenvalue weighted by atomic mass is 16.2. The molecule has 22 heavy (non-hydrogen) atoms. The molecule has 5 nitrogen and oxygen atoms in total. The quantitative estimate of drug-likeness (QED) is 0.556. The molecule has 0 aromatic carbocycles. The molecule has 5 heteroatoms. The van der Waals surface area contributed by atoms with Crippen LogP contribution in [0.5, 0.6) is 0 Å². The highest BCUT2D eigenvalue weighted by Crippen LogP contribution is 2.08. The van der Waals surface area contributed by atoms with E-state index in [1.165, 1.54) is 25.7 Å². The molecule has 0 radical (unpaired) electrons. The molecule has 0 saturated carbocycles. The summed E-state index contributed by atoms with van der Waals surface area (Å²) in [7, 11) is 1.94. The Labute approximate surface area is 135 Å². The molecule has 0 saturated heterocycles. The zero-order valence-corrected chi connectivity index (χ0v) is 14.6. The first kappa shape index (κ1) is 18.7. The molecule has 1 amide bonds. The lowest BCUT2D eigenvalue weighted by Gasteiger charge is -2.22. The van der Waals surface area contributed by atoms with Gasteiger partial charge in [-0.3, -0.25) is 4.79 Å². The van der Waals surface area contributed by atoms with Crippen LogP contribution in [0.1, 0.15) is 71.0 Å². The van der Waals surface area contributed by atoms with Crippen molar-refractivity contribution < 1.29 is 4.79 Å².